The Labute approximate surface area is 135 Å². The van der Waals surface area contributed by atoms with Crippen LogP contribution in [0.5, 0.6) is 0 Å². The maximum absolute atomic E-state index is 3.50. The van der Waals surface area contributed by atoms with Gasteiger partial charge in [0, 0.05) is 26.2 Å². The fourth-order valence-electron chi connectivity index (χ4n) is 2.98. The number of hydrogen-bond donors (Lipinski definition) is 2. The number of hydrogen-bond acceptors (Lipinski definition) is 2. The third kappa shape index (κ3) is 5.63. The van der Waals surface area contributed by atoms with Crippen LogP contribution in [0.2, 0.25) is 0 Å². The highest BCUT2D eigenvalue weighted by atomic mass is 14.9. The number of rotatable bonds is 7. The van der Waals surface area contributed by atoms with E-state index in [1.54, 1.807) is 0 Å². The van der Waals surface area contributed by atoms with Gasteiger partial charge < -0.3 is 10.6 Å². The third-order valence-electron chi connectivity index (χ3n) is 3.70. The van der Waals surface area contributed by atoms with Crippen molar-refractivity contribution in [2.24, 2.45) is 0 Å². The molecule has 118 valence electrons. The van der Waals surface area contributed by atoms with Gasteiger partial charge in [0.05, 0.1) is 0 Å². The smallest absolute Gasteiger partial charge is 0.0206 e. The molecule has 0 bridgehead atoms. The molecule has 2 aromatic rings. The zero-order valence-corrected chi connectivity index (χ0v) is 14.3. The molecule has 2 heteroatoms. The number of nitrogens with one attached hydrogen (secondary N) is 2. The standard InChI is InChI=1S/C20H28N2/c1-15-7-16(2)10-19(9-15)13-21-5-6-22-14-20-11-17(3)8-18(4)12-20/h7-12,21-22H,5-6,13-14H2,1-4H3. The highest BCUT2D eigenvalue weighted by Crippen LogP contribution is 2.09. The van der Waals surface area contributed by atoms with E-state index < -0.39 is 0 Å². The lowest BCUT2D eigenvalue weighted by molar-refractivity contribution is 0.610. The summed E-state index contributed by atoms with van der Waals surface area (Å²) in [6.07, 6.45) is 0. The van der Waals surface area contributed by atoms with Gasteiger partial charge in [-0.25, -0.2) is 0 Å². The quantitative estimate of drug-likeness (QED) is 0.759. The molecule has 0 aliphatic heterocycles. The first-order valence-electron chi connectivity index (χ1n) is 8.09. The van der Waals surface area contributed by atoms with E-state index in [1.807, 2.05) is 0 Å². The van der Waals surface area contributed by atoms with Gasteiger partial charge >= 0.3 is 0 Å². The largest absolute Gasteiger partial charge is 0.311 e. The minimum Gasteiger partial charge on any atom is -0.311 e. The van der Waals surface area contributed by atoms with Crippen molar-refractivity contribution in [1.82, 2.24) is 10.6 Å². The third-order valence-corrected chi connectivity index (χ3v) is 3.70. The van der Waals surface area contributed by atoms with Crippen LogP contribution in [0.25, 0.3) is 0 Å². The van der Waals surface area contributed by atoms with E-state index in [4.69, 9.17) is 0 Å². The molecular formula is C20H28N2. The van der Waals surface area contributed by atoms with Crippen molar-refractivity contribution in [2.45, 2.75) is 40.8 Å². The van der Waals surface area contributed by atoms with Crippen LogP contribution in [0.15, 0.2) is 36.4 Å². The van der Waals surface area contributed by atoms with Crippen LogP contribution in [0.1, 0.15) is 33.4 Å². The first-order chi connectivity index (χ1) is 10.5. The second-order valence-electron chi connectivity index (χ2n) is 6.35. The van der Waals surface area contributed by atoms with Gasteiger partial charge in [-0.1, -0.05) is 58.7 Å². The highest BCUT2D eigenvalue weighted by Gasteiger charge is 1.97. The molecule has 0 aromatic heterocycles. The van der Waals surface area contributed by atoms with Gasteiger partial charge in [0.15, 0.2) is 0 Å². The average Bonchev–Trinajstić information content (AvgIpc) is 2.40. The van der Waals surface area contributed by atoms with Crippen LogP contribution in [0.4, 0.5) is 0 Å². The second-order valence-corrected chi connectivity index (χ2v) is 6.35. The zero-order chi connectivity index (χ0) is 15.9. The maximum atomic E-state index is 3.50. The lowest BCUT2D eigenvalue weighted by Crippen LogP contribution is -2.26. The van der Waals surface area contributed by atoms with Gasteiger partial charge in [-0.2, -0.15) is 0 Å². The first-order valence-corrected chi connectivity index (χ1v) is 8.09. The maximum Gasteiger partial charge on any atom is 0.0206 e. The topological polar surface area (TPSA) is 24.1 Å². The van der Waals surface area contributed by atoms with Crippen molar-refractivity contribution in [3.63, 3.8) is 0 Å². The molecule has 2 nitrogen and oxygen atoms in total. The SMILES string of the molecule is Cc1cc(C)cc(CNCCNCc2cc(C)cc(C)c2)c1. The van der Waals surface area contributed by atoms with Crippen molar-refractivity contribution >= 4 is 0 Å². The highest BCUT2D eigenvalue weighted by molar-refractivity contribution is 5.29. The Morgan fingerprint density at radius 1 is 0.545 bits per heavy atom. The lowest BCUT2D eigenvalue weighted by Gasteiger charge is -2.09. The first kappa shape index (κ1) is 16.7. The van der Waals surface area contributed by atoms with Gasteiger partial charge in [-0.05, 0) is 38.8 Å². The predicted molar refractivity (Wildman–Crippen MR) is 95.2 cm³/mol. The van der Waals surface area contributed by atoms with E-state index in [1.165, 1.54) is 33.4 Å². The Morgan fingerprint density at radius 3 is 1.18 bits per heavy atom. The summed E-state index contributed by atoms with van der Waals surface area (Å²) in [7, 11) is 0. The average molecular weight is 296 g/mol. The molecule has 22 heavy (non-hydrogen) atoms. The summed E-state index contributed by atoms with van der Waals surface area (Å²) in [5.41, 5.74) is 8.09. The molecule has 0 radical (unpaired) electrons. The Bertz CT molecular complexity index is 521. The molecule has 0 spiro atoms. The normalized spacial score (nSPS) is 10.9. The van der Waals surface area contributed by atoms with Gasteiger partial charge in [0.2, 0.25) is 0 Å². The second kappa shape index (κ2) is 8.11. The summed E-state index contributed by atoms with van der Waals surface area (Å²) in [6, 6.07) is 13.4. The molecule has 0 saturated heterocycles. The lowest BCUT2D eigenvalue weighted by atomic mass is 10.1. The molecule has 0 amide bonds. The molecule has 2 N–H and O–H groups in total. The fraction of sp³-hybridized carbons (Fsp3) is 0.400. The Kier molecular flexibility index (Phi) is 6.17. The van der Waals surface area contributed by atoms with E-state index in [0.29, 0.717) is 0 Å². The van der Waals surface area contributed by atoms with Crippen molar-refractivity contribution in [2.75, 3.05) is 13.1 Å². The van der Waals surface area contributed by atoms with Gasteiger partial charge in [0.1, 0.15) is 0 Å². The molecule has 2 aromatic carbocycles. The Hall–Kier alpha value is -1.64. The predicted octanol–water partition coefficient (Wildman–Crippen LogP) is 3.80. The summed E-state index contributed by atoms with van der Waals surface area (Å²) >= 11 is 0. The van der Waals surface area contributed by atoms with Crippen molar-refractivity contribution < 1.29 is 0 Å². The molecule has 0 unspecified atom stereocenters. The number of aryl methyl sites for hydroxylation is 4. The van der Waals surface area contributed by atoms with Crippen LogP contribution >= 0.6 is 0 Å². The van der Waals surface area contributed by atoms with Crippen LogP contribution in [-0.4, -0.2) is 13.1 Å². The molecule has 0 aliphatic rings. The monoisotopic (exact) mass is 296 g/mol. The van der Waals surface area contributed by atoms with E-state index in [2.05, 4.69) is 74.7 Å². The number of benzene rings is 2. The zero-order valence-electron chi connectivity index (χ0n) is 14.3. The van der Waals surface area contributed by atoms with E-state index >= 15 is 0 Å². The minimum absolute atomic E-state index is 0.938. The van der Waals surface area contributed by atoms with Crippen molar-refractivity contribution in [1.29, 1.82) is 0 Å². The van der Waals surface area contributed by atoms with E-state index in [0.717, 1.165) is 26.2 Å². The van der Waals surface area contributed by atoms with Gasteiger partial charge in [-0.3, -0.25) is 0 Å². The van der Waals surface area contributed by atoms with Crippen LogP contribution < -0.4 is 10.6 Å². The summed E-state index contributed by atoms with van der Waals surface area (Å²) in [5.74, 6) is 0. The summed E-state index contributed by atoms with van der Waals surface area (Å²) in [4.78, 5) is 0. The van der Waals surface area contributed by atoms with E-state index in [9.17, 15) is 0 Å². The summed E-state index contributed by atoms with van der Waals surface area (Å²) in [6.45, 7) is 12.5. The molecule has 0 heterocycles. The van der Waals surface area contributed by atoms with Crippen molar-refractivity contribution in [3.8, 4) is 0 Å². The fourth-order valence-corrected chi connectivity index (χ4v) is 2.98. The molecule has 2 rings (SSSR count). The van der Waals surface area contributed by atoms with E-state index in [-0.39, 0.29) is 0 Å². The Balaban J connectivity index is 1.67. The molecule has 0 atom stereocenters. The van der Waals surface area contributed by atoms with Gasteiger partial charge in [0.25, 0.3) is 0 Å². The van der Waals surface area contributed by atoms with Gasteiger partial charge in [-0.15, -0.1) is 0 Å². The van der Waals surface area contributed by atoms with Crippen LogP contribution in [0.3, 0.4) is 0 Å². The van der Waals surface area contributed by atoms with Crippen LogP contribution in [0, 0.1) is 27.7 Å². The van der Waals surface area contributed by atoms with Crippen LogP contribution in [-0.2, 0) is 13.1 Å². The Morgan fingerprint density at radius 2 is 0.864 bits per heavy atom. The molecule has 0 aliphatic carbocycles. The van der Waals surface area contributed by atoms with Crippen molar-refractivity contribution in [3.05, 3.63) is 69.8 Å². The molecular weight excluding hydrogens is 268 g/mol. The summed E-state index contributed by atoms with van der Waals surface area (Å²) < 4.78 is 0. The minimum atomic E-state index is 0.938. The summed E-state index contributed by atoms with van der Waals surface area (Å²) in [5, 5.41) is 7.01. The molecule has 0 saturated carbocycles. The molecule has 0 fully saturated rings.